The van der Waals surface area contributed by atoms with Gasteiger partial charge in [-0.2, -0.15) is 0 Å². The molecule has 4 heteroatoms. The molecule has 3 nitrogen and oxygen atoms in total. The summed E-state index contributed by atoms with van der Waals surface area (Å²) in [5.74, 6) is 1.09. The molecule has 0 aliphatic rings. The third-order valence-electron chi connectivity index (χ3n) is 2.22. The van der Waals surface area contributed by atoms with E-state index in [1.54, 1.807) is 12.3 Å². The maximum absolute atomic E-state index is 6.05. The first-order valence-electron chi connectivity index (χ1n) is 5.54. The molecule has 2 N–H and O–H groups in total. The minimum absolute atomic E-state index is 0.119. The van der Waals surface area contributed by atoms with Crippen LogP contribution in [0.3, 0.4) is 0 Å². The summed E-state index contributed by atoms with van der Waals surface area (Å²) in [4.78, 5) is 4.16. The largest absolute Gasteiger partial charge is 0.474 e. The first-order chi connectivity index (χ1) is 7.52. The van der Waals surface area contributed by atoms with E-state index < -0.39 is 0 Å². The predicted molar refractivity (Wildman–Crippen MR) is 66.7 cm³/mol. The topological polar surface area (TPSA) is 48.1 Å². The third kappa shape index (κ3) is 3.99. The number of pyridine rings is 1. The van der Waals surface area contributed by atoms with Crippen molar-refractivity contribution in [3.05, 3.63) is 22.8 Å². The second kappa shape index (κ2) is 6.06. The van der Waals surface area contributed by atoms with E-state index in [1.165, 1.54) is 0 Å². The Kier molecular flexibility index (Phi) is 5.03. The Hall–Kier alpha value is -0.800. The lowest BCUT2D eigenvalue weighted by Gasteiger charge is -2.16. The van der Waals surface area contributed by atoms with Gasteiger partial charge in [-0.05, 0) is 30.9 Å². The molecule has 0 amide bonds. The second-order valence-electron chi connectivity index (χ2n) is 4.39. The Morgan fingerprint density at radius 3 is 2.62 bits per heavy atom. The van der Waals surface area contributed by atoms with Crippen molar-refractivity contribution in [2.75, 3.05) is 0 Å². The van der Waals surface area contributed by atoms with Crippen LogP contribution in [-0.4, -0.2) is 11.1 Å². The molecule has 1 rings (SSSR count). The Morgan fingerprint density at radius 2 is 2.12 bits per heavy atom. The molecule has 0 aromatic carbocycles. The number of halogens is 1. The summed E-state index contributed by atoms with van der Waals surface area (Å²) in [6, 6.07) is 1.80. The van der Waals surface area contributed by atoms with E-state index in [-0.39, 0.29) is 6.10 Å². The van der Waals surface area contributed by atoms with Crippen LogP contribution in [0.15, 0.2) is 12.3 Å². The summed E-state index contributed by atoms with van der Waals surface area (Å²) in [5, 5.41) is 0.526. The molecule has 1 atom stereocenters. The van der Waals surface area contributed by atoms with E-state index >= 15 is 0 Å². The normalized spacial score (nSPS) is 12.9. The smallest absolute Gasteiger partial charge is 0.232 e. The number of hydrogen-bond donors (Lipinski definition) is 1. The fourth-order valence-corrected chi connectivity index (χ4v) is 1.80. The molecule has 0 fully saturated rings. The standard InChI is InChI=1S/C12H19ClN2O/c1-8(2)4-9(3)16-12-11(13)5-10(6-14)7-15-12/h5,7-9H,4,6,14H2,1-3H3. The summed E-state index contributed by atoms with van der Waals surface area (Å²) < 4.78 is 5.67. The van der Waals surface area contributed by atoms with Crippen molar-refractivity contribution in [2.45, 2.75) is 39.8 Å². The van der Waals surface area contributed by atoms with Crippen molar-refractivity contribution < 1.29 is 4.74 Å². The van der Waals surface area contributed by atoms with Crippen molar-refractivity contribution >= 4 is 11.6 Å². The van der Waals surface area contributed by atoms with Crippen LogP contribution in [0.4, 0.5) is 0 Å². The molecule has 1 aromatic heterocycles. The second-order valence-corrected chi connectivity index (χ2v) is 4.80. The highest BCUT2D eigenvalue weighted by Crippen LogP contribution is 2.24. The van der Waals surface area contributed by atoms with Gasteiger partial charge in [0.05, 0.1) is 6.10 Å². The molecule has 0 aliphatic heterocycles. The fraction of sp³-hybridized carbons (Fsp3) is 0.583. The van der Waals surface area contributed by atoms with Gasteiger partial charge in [0, 0.05) is 12.7 Å². The van der Waals surface area contributed by atoms with Crippen LogP contribution in [0.5, 0.6) is 5.88 Å². The maximum atomic E-state index is 6.05. The minimum Gasteiger partial charge on any atom is -0.474 e. The molecule has 0 spiro atoms. The Balaban J connectivity index is 2.66. The highest BCUT2D eigenvalue weighted by molar-refractivity contribution is 6.31. The van der Waals surface area contributed by atoms with Crippen molar-refractivity contribution in [2.24, 2.45) is 11.7 Å². The van der Waals surface area contributed by atoms with E-state index in [0.29, 0.717) is 23.4 Å². The molecule has 16 heavy (non-hydrogen) atoms. The molecule has 0 aliphatic carbocycles. The summed E-state index contributed by atoms with van der Waals surface area (Å²) in [6.45, 7) is 6.78. The van der Waals surface area contributed by atoms with E-state index in [2.05, 4.69) is 18.8 Å². The first kappa shape index (κ1) is 13.3. The van der Waals surface area contributed by atoms with Gasteiger partial charge in [0.15, 0.2) is 0 Å². The van der Waals surface area contributed by atoms with E-state index in [4.69, 9.17) is 22.1 Å². The molecule has 1 heterocycles. The molecular weight excluding hydrogens is 224 g/mol. The van der Waals surface area contributed by atoms with Crippen molar-refractivity contribution in [1.29, 1.82) is 0 Å². The van der Waals surface area contributed by atoms with Gasteiger partial charge in [-0.25, -0.2) is 4.98 Å². The lowest BCUT2D eigenvalue weighted by Crippen LogP contribution is -2.15. The van der Waals surface area contributed by atoms with Crippen LogP contribution in [0.1, 0.15) is 32.8 Å². The Bertz CT molecular complexity index is 342. The number of rotatable bonds is 5. The first-order valence-corrected chi connectivity index (χ1v) is 5.91. The molecule has 1 aromatic rings. The fourth-order valence-electron chi connectivity index (χ4n) is 1.57. The highest BCUT2D eigenvalue weighted by atomic mass is 35.5. The van der Waals surface area contributed by atoms with Gasteiger partial charge in [0.2, 0.25) is 5.88 Å². The average Bonchev–Trinajstić information content (AvgIpc) is 2.19. The zero-order valence-corrected chi connectivity index (χ0v) is 10.8. The number of ether oxygens (including phenoxy) is 1. The van der Waals surface area contributed by atoms with Crippen LogP contribution in [0.2, 0.25) is 5.02 Å². The summed E-state index contributed by atoms with van der Waals surface area (Å²) >= 11 is 6.05. The van der Waals surface area contributed by atoms with Crippen molar-refractivity contribution in [3.63, 3.8) is 0 Å². The van der Waals surface area contributed by atoms with E-state index in [0.717, 1.165) is 12.0 Å². The van der Waals surface area contributed by atoms with Gasteiger partial charge in [0.1, 0.15) is 5.02 Å². The average molecular weight is 243 g/mol. The molecule has 0 bridgehead atoms. The zero-order chi connectivity index (χ0) is 12.1. The van der Waals surface area contributed by atoms with Gasteiger partial charge in [0.25, 0.3) is 0 Å². The molecule has 0 saturated carbocycles. The Labute approximate surface area is 102 Å². The third-order valence-corrected chi connectivity index (χ3v) is 2.49. The minimum atomic E-state index is 0.119. The van der Waals surface area contributed by atoms with Crippen LogP contribution < -0.4 is 10.5 Å². The molecule has 0 saturated heterocycles. The van der Waals surface area contributed by atoms with Gasteiger partial charge in [-0.15, -0.1) is 0 Å². The lowest BCUT2D eigenvalue weighted by atomic mass is 10.1. The summed E-state index contributed by atoms with van der Waals surface area (Å²) in [5.41, 5.74) is 6.41. The molecular formula is C12H19ClN2O. The predicted octanol–water partition coefficient (Wildman–Crippen LogP) is 3.01. The summed E-state index contributed by atoms with van der Waals surface area (Å²) in [7, 11) is 0. The highest BCUT2D eigenvalue weighted by Gasteiger charge is 2.10. The monoisotopic (exact) mass is 242 g/mol. The van der Waals surface area contributed by atoms with Crippen molar-refractivity contribution in [3.8, 4) is 5.88 Å². The lowest BCUT2D eigenvalue weighted by molar-refractivity contribution is 0.186. The molecule has 1 unspecified atom stereocenters. The zero-order valence-electron chi connectivity index (χ0n) is 10.0. The molecule has 90 valence electrons. The number of nitrogens with zero attached hydrogens (tertiary/aromatic N) is 1. The van der Waals surface area contributed by atoms with Crippen molar-refractivity contribution in [1.82, 2.24) is 4.98 Å². The van der Waals surface area contributed by atoms with Gasteiger partial charge >= 0.3 is 0 Å². The number of nitrogens with two attached hydrogens (primary N) is 1. The quantitative estimate of drug-likeness (QED) is 0.864. The van der Waals surface area contributed by atoms with Crippen LogP contribution in [0.25, 0.3) is 0 Å². The Morgan fingerprint density at radius 1 is 1.44 bits per heavy atom. The molecule has 0 radical (unpaired) electrons. The number of aromatic nitrogens is 1. The van der Waals surface area contributed by atoms with Gasteiger partial charge in [-0.3, -0.25) is 0 Å². The van der Waals surface area contributed by atoms with Crippen LogP contribution in [-0.2, 0) is 6.54 Å². The van der Waals surface area contributed by atoms with Gasteiger partial charge < -0.3 is 10.5 Å². The number of hydrogen-bond acceptors (Lipinski definition) is 3. The van der Waals surface area contributed by atoms with E-state index in [9.17, 15) is 0 Å². The van der Waals surface area contributed by atoms with E-state index in [1.807, 2.05) is 6.92 Å². The SMILES string of the molecule is CC(C)CC(C)Oc1ncc(CN)cc1Cl. The summed E-state index contributed by atoms with van der Waals surface area (Å²) in [6.07, 6.45) is 2.80. The maximum Gasteiger partial charge on any atom is 0.232 e. The van der Waals surface area contributed by atoms with Crippen LogP contribution >= 0.6 is 11.6 Å². The van der Waals surface area contributed by atoms with Crippen LogP contribution in [0, 0.1) is 5.92 Å². The van der Waals surface area contributed by atoms with Gasteiger partial charge in [-0.1, -0.05) is 25.4 Å².